The predicted octanol–water partition coefficient (Wildman–Crippen LogP) is 4.60. The highest BCUT2D eigenvalue weighted by Crippen LogP contribution is 2.37. The van der Waals surface area contributed by atoms with Crippen molar-refractivity contribution in [3.8, 4) is 0 Å². The average molecular weight is 508 g/mol. The van der Waals surface area contributed by atoms with Crippen molar-refractivity contribution in [2.75, 3.05) is 30.0 Å². The molecule has 3 aromatic rings. The van der Waals surface area contributed by atoms with Crippen molar-refractivity contribution in [1.82, 2.24) is 14.9 Å². The minimum atomic E-state index is -0.119. The van der Waals surface area contributed by atoms with E-state index in [4.69, 9.17) is 9.72 Å². The number of rotatable bonds is 8. The van der Waals surface area contributed by atoms with Gasteiger partial charge in [0.2, 0.25) is 5.91 Å². The lowest BCUT2D eigenvalue weighted by Crippen LogP contribution is -2.24. The number of nitrogens with one attached hydrogen (secondary N) is 2. The van der Waals surface area contributed by atoms with Crippen LogP contribution in [0.2, 0.25) is 0 Å². The molecule has 0 spiro atoms. The number of hydrogen-bond donors (Lipinski definition) is 2. The van der Waals surface area contributed by atoms with E-state index in [1.807, 2.05) is 22.9 Å². The number of ether oxygens (including phenoxy) is 1. The fraction of sp³-hybridized carbons (Fsp3) is 0.444. The Hall–Kier alpha value is -3.17. The predicted molar refractivity (Wildman–Crippen MR) is 141 cm³/mol. The molecule has 2 saturated heterocycles. The van der Waals surface area contributed by atoms with Gasteiger partial charge in [-0.15, -0.1) is 11.3 Å². The number of amides is 2. The van der Waals surface area contributed by atoms with Crippen LogP contribution in [-0.2, 0) is 22.6 Å². The van der Waals surface area contributed by atoms with Gasteiger partial charge in [-0.2, -0.15) is 0 Å². The molecule has 0 saturated carbocycles. The van der Waals surface area contributed by atoms with Crippen LogP contribution in [0.3, 0.4) is 0 Å². The fourth-order valence-corrected chi connectivity index (χ4v) is 5.81. The van der Waals surface area contributed by atoms with E-state index in [9.17, 15) is 9.59 Å². The molecule has 2 aliphatic heterocycles. The minimum absolute atomic E-state index is 0.0300. The van der Waals surface area contributed by atoms with Crippen molar-refractivity contribution >= 4 is 34.0 Å². The molecule has 1 atom stereocenters. The summed E-state index contributed by atoms with van der Waals surface area (Å²) in [7, 11) is 0. The summed E-state index contributed by atoms with van der Waals surface area (Å²) >= 11 is 1.48. The third kappa shape index (κ3) is 5.79. The van der Waals surface area contributed by atoms with Crippen LogP contribution in [0.25, 0.3) is 0 Å². The number of nitrogens with zero attached hydrogens (tertiary/aromatic N) is 3. The quantitative estimate of drug-likeness (QED) is 0.465. The van der Waals surface area contributed by atoms with Crippen LogP contribution >= 0.6 is 11.3 Å². The van der Waals surface area contributed by atoms with E-state index in [-0.39, 0.29) is 17.9 Å². The first-order valence-electron chi connectivity index (χ1n) is 12.7. The summed E-state index contributed by atoms with van der Waals surface area (Å²) in [6.45, 7) is 5.46. The highest BCUT2D eigenvalue weighted by molar-refractivity contribution is 7.14. The topological polar surface area (TPSA) is 88.5 Å². The molecule has 0 aliphatic carbocycles. The lowest BCUT2D eigenvalue weighted by molar-refractivity contribution is -0.119. The van der Waals surface area contributed by atoms with Crippen LogP contribution in [-0.4, -0.2) is 41.1 Å². The average Bonchev–Trinajstić information content (AvgIpc) is 3.65. The summed E-state index contributed by atoms with van der Waals surface area (Å²) in [6.07, 6.45) is 6.17. The largest absolute Gasteiger partial charge is 0.381 e. The number of aromatic nitrogens is 2. The highest BCUT2D eigenvalue weighted by Gasteiger charge is 2.28. The molecule has 0 bridgehead atoms. The van der Waals surface area contributed by atoms with Gasteiger partial charge in [0, 0.05) is 57.0 Å². The molecular formula is C27H33N5O3S. The van der Waals surface area contributed by atoms with Crippen molar-refractivity contribution < 1.29 is 14.3 Å². The molecule has 1 aromatic carbocycles. The molecule has 9 heteroatoms. The zero-order valence-electron chi connectivity index (χ0n) is 20.6. The number of carbonyl (C=O) groups excluding carboxylic acids is 2. The van der Waals surface area contributed by atoms with Gasteiger partial charge in [0.25, 0.3) is 5.91 Å². The molecule has 5 rings (SSSR count). The molecule has 4 heterocycles. The van der Waals surface area contributed by atoms with Gasteiger partial charge in [0.05, 0.1) is 11.7 Å². The molecule has 1 unspecified atom stereocenters. The van der Waals surface area contributed by atoms with Crippen molar-refractivity contribution in [2.45, 2.75) is 51.7 Å². The molecular weight excluding hydrogens is 474 g/mol. The van der Waals surface area contributed by atoms with E-state index >= 15 is 0 Å². The summed E-state index contributed by atoms with van der Waals surface area (Å²) in [5.41, 5.74) is 3.88. The Balaban J connectivity index is 1.22. The zero-order chi connectivity index (χ0) is 24.9. The number of hydrogen-bond acceptors (Lipinski definition) is 6. The maximum absolute atomic E-state index is 13.1. The summed E-state index contributed by atoms with van der Waals surface area (Å²) in [4.78, 5) is 31.4. The minimum Gasteiger partial charge on any atom is -0.381 e. The normalized spacial score (nSPS) is 18.4. The second-order valence-electron chi connectivity index (χ2n) is 9.56. The molecule has 2 aromatic heterocycles. The number of thiazole rings is 1. The first kappa shape index (κ1) is 24.5. The highest BCUT2D eigenvalue weighted by atomic mass is 32.1. The maximum atomic E-state index is 13.1. The molecule has 2 fully saturated rings. The number of carbonyl (C=O) groups is 2. The van der Waals surface area contributed by atoms with E-state index in [0.29, 0.717) is 23.3 Å². The molecule has 190 valence electrons. The number of anilines is 2. The van der Waals surface area contributed by atoms with Gasteiger partial charge in [-0.25, -0.2) is 4.98 Å². The van der Waals surface area contributed by atoms with Crippen molar-refractivity contribution in [1.29, 1.82) is 0 Å². The Kier molecular flexibility index (Phi) is 7.67. The van der Waals surface area contributed by atoms with Gasteiger partial charge in [-0.05, 0) is 61.4 Å². The third-order valence-corrected chi connectivity index (χ3v) is 7.78. The molecule has 8 nitrogen and oxygen atoms in total. The van der Waals surface area contributed by atoms with Crippen molar-refractivity contribution in [2.24, 2.45) is 5.92 Å². The van der Waals surface area contributed by atoms with E-state index in [2.05, 4.69) is 45.2 Å². The van der Waals surface area contributed by atoms with Crippen LogP contribution in [0.1, 0.15) is 60.4 Å². The van der Waals surface area contributed by atoms with E-state index in [1.165, 1.54) is 18.3 Å². The summed E-state index contributed by atoms with van der Waals surface area (Å²) in [5, 5.41) is 8.55. The van der Waals surface area contributed by atoms with E-state index in [1.54, 1.807) is 0 Å². The third-order valence-electron chi connectivity index (χ3n) is 7.00. The Bertz CT molecular complexity index is 1180. The van der Waals surface area contributed by atoms with E-state index < -0.39 is 0 Å². The van der Waals surface area contributed by atoms with Gasteiger partial charge in [-0.1, -0.05) is 12.1 Å². The van der Waals surface area contributed by atoms with Crippen molar-refractivity contribution in [3.63, 3.8) is 0 Å². The molecule has 0 radical (unpaired) electrons. The van der Waals surface area contributed by atoms with Gasteiger partial charge in [0.1, 0.15) is 5.69 Å². The van der Waals surface area contributed by atoms with Crippen LogP contribution in [0, 0.1) is 5.92 Å². The first-order valence-corrected chi connectivity index (χ1v) is 13.5. The van der Waals surface area contributed by atoms with Crippen LogP contribution in [0.4, 0.5) is 10.8 Å². The van der Waals surface area contributed by atoms with Crippen molar-refractivity contribution in [3.05, 3.63) is 64.9 Å². The SMILES string of the molecule is CC(=O)NCc1ccc(N2CCCC2c2csc(NC(=O)c3cccn3CC3CCOCC3)n2)cc1. The monoisotopic (exact) mass is 507 g/mol. The lowest BCUT2D eigenvalue weighted by atomic mass is 10.0. The zero-order valence-corrected chi connectivity index (χ0v) is 21.4. The standard InChI is InChI=1S/C27H33N5O3S/c1-19(33)28-16-20-6-8-22(9-7-20)32-13-3-4-24(32)23-18-36-27(29-23)30-26(34)25-5-2-12-31(25)17-21-10-14-35-15-11-21/h2,5-9,12,18,21,24H,3-4,10-11,13-17H2,1H3,(H,28,33)(H,29,30,34). The lowest BCUT2D eigenvalue weighted by Gasteiger charge is -2.26. The molecule has 2 aliphatic rings. The summed E-state index contributed by atoms with van der Waals surface area (Å²) in [5.74, 6) is 0.389. The van der Waals surface area contributed by atoms with Crippen LogP contribution < -0.4 is 15.5 Å². The summed E-state index contributed by atoms with van der Waals surface area (Å²) < 4.78 is 7.52. The van der Waals surface area contributed by atoms with Gasteiger partial charge >= 0.3 is 0 Å². The Labute approximate surface area is 215 Å². The molecule has 2 amide bonds. The number of benzene rings is 1. The smallest absolute Gasteiger partial charge is 0.274 e. The second kappa shape index (κ2) is 11.3. The van der Waals surface area contributed by atoms with Crippen LogP contribution in [0.5, 0.6) is 0 Å². The van der Waals surface area contributed by atoms with Crippen LogP contribution in [0.15, 0.2) is 48.0 Å². The second-order valence-corrected chi connectivity index (χ2v) is 10.4. The van der Waals surface area contributed by atoms with Gasteiger partial charge in [-0.3, -0.25) is 14.9 Å². The Morgan fingerprint density at radius 3 is 2.72 bits per heavy atom. The van der Waals surface area contributed by atoms with Gasteiger partial charge in [0.15, 0.2) is 5.13 Å². The fourth-order valence-electron chi connectivity index (χ4n) is 5.06. The maximum Gasteiger partial charge on any atom is 0.274 e. The Morgan fingerprint density at radius 1 is 1.14 bits per heavy atom. The molecule has 36 heavy (non-hydrogen) atoms. The summed E-state index contributed by atoms with van der Waals surface area (Å²) in [6, 6.07) is 12.3. The Morgan fingerprint density at radius 2 is 1.94 bits per heavy atom. The van der Waals surface area contributed by atoms with E-state index in [0.717, 1.165) is 68.9 Å². The molecule has 2 N–H and O–H groups in total. The first-order chi connectivity index (χ1) is 17.6. The van der Waals surface area contributed by atoms with Gasteiger partial charge < -0.3 is 19.5 Å².